The third-order valence-corrected chi connectivity index (χ3v) is 6.45. The Kier molecular flexibility index (Phi) is 8.43. The third-order valence-electron chi connectivity index (χ3n) is 6.14. The summed E-state index contributed by atoms with van der Waals surface area (Å²) in [6.45, 7) is 2.41. The number of benzene rings is 3. The van der Waals surface area contributed by atoms with Crippen LogP contribution in [0.15, 0.2) is 72.3 Å². The van der Waals surface area contributed by atoms with Gasteiger partial charge < -0.3 is 29.0 Å². The van der Waals surface area contributed by atoms with Gasteiger partial charge in [0.25, 0.3) is 11.7 Å². The number of halogens is 1. The molecule has 198 valence electrons. The van der Waals surface area contributed by atoms with Crippen LogP contribution >= 0.6 is 11.6 Å². The lowest BCUT2D eigenvalue weighted by Crippen LogP contribution is -2.33. The van der Waals surface area contributed by atoms with Gasteiger partial charge in [-0.05, 0) is 67.1 Å². The Hall–Kier alpha value is -4.17. The summed E-state index contributed by atoms with van der Waals surface area (Å²) in [5.74, 6) is 0.421. The summed E-state index contributed by atoms with van der Waals surface area (Å²) in [5, 5.41) is 11.7. The molecule has 1 atom stereocenters. The first-order valence-corrected chi connectivity index (χ1v) is 12.4. The number of nitrogens with zero attached hydrogens (tertiary/aromatic N) is 1. The van der Waals surface area contributed by atoms with Crippen molar-refractivity contribution in [3.8, 4) is 23.0 Å². The number of ketones is 1. The number of methoxy groups -OCH3 is 2. The molecule has 1 aliphatic rings. The van der Waals surface area contributed by atoms with Gasteiger partial charge in [0, 0.05) is 5.56 Å². The maximum absolute atomic E-state index is 13.3. The second-order valence-corrected chi connectivity index (χ2v) is 8.78. The highest BCUT2D eigenvalue weighted by Gasteiger charge is 2.46. The fourth-order valence-electron chi connectivity index (χ4n) is 4.25. The third kappa shape index (κ3) is 5.55. The van der Waals surface area contributed by atoms with E-state index in [0.717, 1.165) is 0 Å². The Morgan fingerprint density at radius 3 is 2.11 bits per heavy atom. The van der Waals surface area contributed by atoms with Crippen molar-refractivity contribution in [2.24, 2.45) is 0 Å². The molecule has 0 saturated carbocycles. The second-order valence-electron chi connectivity index (χ2n) is 8.37. The molecule has 0 bridgehead atoms. The average molecular weight is 538 g/mol. The van der Waals surface area contributed by atoms with Crippen molar-refractivity contribution >= 4 is 29.1 Å². The van der Waals surface area contributed by atoms with E-state index < -0.39 is 17.7 Å². The summed E-state index contributed by atoms with van der Waals surface area (Å²) >= 11 is 6.21. The molecule has 8 nitrogen and oxygen atoms in total. The van der Waals surface area contributed by atoms with E-state index in [4.69, 9.17) is 30.5 Å². The molecule has 1 N–H and O–H groups in total. The Morgan fingerprint density at radius 1 is 0.895 bits per heavy atom. The summed E-state index contributed by atoms with van der Waals surface area (Å²) in [6, 6.07) is 17.9. The molecule has 1 fully saturated rings. The normalized spacial score (nSPS) is 16.4. The minimum Gasteiger partial charge on any atom is -0.507 e. The second kappa shape index (κ2) is 11.9. The molecule has 38 heavy (non-hydrogen) atoms. The molecular formula is C29H28ClNO7. The van der Waals surface area contributed by atoms with Crippen molar-refractivity contribution in [3.05, 3.63) is 88.5 Å². The predicted octanol–water partition coefficient (Wildman–Crippen LogP) is 5.26. The molecule has 1 saturated heterocycles. The van der Waals surface area contributed by atoms with Gasteiger partial charge in [0.15, 0.2) is 0 Å². The van der Waals surface area contributed by atoms with E-state index >= 15 is 0 Å². The predicted molar refractivity (Wildman–Crippen MR) is 143 cm³/mol. The van der Waals surface area contributed by atoms with E-state index in [2.05, 4.69) is 0 Å². The van der Waals surface area contributed by atoms with Crippen molar-refractivity contribution in [1.29, 1.82) is 0 Å². The smallest absolute Gasteiger partial charge is 0.295 e. The van der Waals surface area contributed by atoms with Crippen LogP contribution in [-0.2, 0) is 9.59 Å². The first-order valence-electron chi connectivity index (χ1n) is 12.0. The van der Waals surface area contributed by atoms with Gasteiger partial charge in [-0.15, -0.1) is 0 Å². The highest BCUT2D eigenvalue weighted by Crippen LogP contribution is 2.40. The van der Waals surface area contributed by atoms with Crippen molar-refractivity contribution in [2.75, 3.05) is 34.0 Å². The fourth-order valence-corrected chi connectivity index (χ4v) is 4.42. The summed E-state index contributed by atoms with van der Waals surface area (Å²) in [6.07, 6.45) is 0. The summed E-state index contributed by atoms with van der Waals surface area (Å²) < 4.78 is 21.8. The number of carbonyl (C=O) groups excluding carboxylic acids is 2. The summed E-state index contributed by atoms with van der Waals surface area (Å²) in [4.78, 5) is 27.9. The fraction of sp³-hybridized carbons (Fsp3) is 0.241. The summed E-state index contributed by atoms with van der Waals surface area (Å²) in [5.41, 5.74) is 0.910. The zero-order valence-electron chi connectivity index (χ0n) is 21.3. The van der Waals surface area contributed by atoms with Crippen LogP contribution in [0.3, 0.4) is 0 Å². The number of Topliss-reactive ketones (excluding diaryl/α,β-unsaturated/α-hetero) is 1. The Labute approximate surface area is 225 Å². The molecule has 3 aromatic carbocycles. The highest BCUT2D eigenvalue weighted by atomic mass is 35.5. The van der Waals surface area contributed by atoms with Crippen LogP contribution in [0.1, 0.15) is 24.1 Å². The quantitative estimate of drug-likeness (QED) is 0.214. The van der Waals surface area contributed by atoms with Crippen molar-refractivity contribution in [2.45, 2.75) is 13.0 Å². The zero-order valence-corrected chi connectivity index (χ0v) is 22.0. The van der Waals surface area contributed by atoms with Crippen LogP contribution in [0.4, 0.5) is 0 Å². The van der Waals surface area contributed by atoms with Crippen LogP contribution < -0.4 is 18.9 Å². The van der Waals surface area contributed by atoms with E-state index in [9.17, 15) is 14.7 Å². The lowest BCUT2D eigenvalue weighted by atomic mass is 9.95. The van der Waals surface area contributed by atoms with E-state index in [1.165, 1.54) is 4.90 Å². The van der Waals surface area contributed by atoms with Gasteiger partial charge in [0.1, 0.15) is 35.4 Å². The van der Waals surface area contributed by atoms with Crippen LogP contribution in [0.5, 0.6) is 23.0 Å². The van der Waals surface area contributed by atoms with Crippen LogP contribution in [-0.4, -0.2) is 55.7 Å². The molecule has 0 aromatic heterocycles. The first kappa shape index (κ1) is 26.9. The van der Waals surface area contributed by atoms with Gasteiger partial charge in [-0.3, -0.25) is 9.59 Å². The number of likely N-dealkylation sites (tertiary alicyclic amines) is 1. The van der Waals surface area contributed by atoms with E-state index in [1.807, 2.05) is 6.92 Å². The van der Waals surface area contributed by atoms with Crippen LogP contribution in [0.2, 0.25) is 5.02 Å². The first-order chi connectivity index (χ1) is 18.4. The standard InChI is InChI=1S/C29H28ClNO7/c1-4-37-24-17-19(7-14-23(24)30)27(32)25-26(18-5-8-20(35-2)9-6-18)31(29(34)28(25)33)15-16-38-22-12-10-21(36-3)11-13-22/h5-14,17,26,32H,4,15-16H2,1-3H3/b27-25-. The molecular weight excluding hydrogens is 510 g/mol. The molecule has 4 rings (SSSR count). The van der Waals surface area contributed by atoms with E-state index in [-0.39, 0.29) is 24.5 Å². The number of aliphatic hydroxyl groups is 1. The average Bonchev–Trinajstić information content (AvgIpc) is 3.19. The van der Waals surface area contributed by atoms with Gasteiger partial charge in [-0.1, -0.05) is 23.7 Å². The largest absolute Gasteiger partial charge is 0.507 e. The lowest BCUT2D eigenvalue weighted by molar-refractivity contribution is -0.140. The van der Waals surface area contributed by atoms with Gasteiger partial charge in [-0.25, -0.2) is 0 Å². The molecule has 1 amide bonds. The zero-order chi connectivity index (χ0) is 27.2. The van der Waals surface area contributed by atoms with E-state index in [1.54, 1.807) is 80.9 Å². The van der Waals surface area contributed by atoms with Crippen LogP contribution in [0, 0.1) is 0 Å². The number of aliphatic hydroxyl groups excluding tert-OH is 1. The number of rotatable bonds is 10. The monoisotopic (exact) mass is 537 g/mol. The lowest BCUT2D eigenvalue weighted by Gasteiger charge is -2.25. The molecule has 9 heteroatoms. The van der Waals surface area contributed by atoms with Crippen molar-refractivity contribution < 1.29 is 33.6 Å². The molecule has 1 aliphatic heterocycles. The molecule has 1 heterocycles. The number of hydrogen-bond acceptors (Lipinski definition) is 7. The Morgan fingerprint density at radius 2 is 1.50 bits per heavy atom. The Bertz CT molecular complexity index is 1340. The summed E-state index contributed by atoms with van der Waals surface area (Å²) in [7, 11) is 3.13. The van der Waals surface area contributed by atoms with E-state index in [0.29, 0.717) is 45.8 Å². The SMILES string of the molecule is CCOc1cc(/C(O)=C2/C(=O)C(=O)N(CCOc3ccc(OC)cc3)C2c2ccc(OC)cc2)ccc1Cl. The molecule has 0 spiro atoms. The van der Waals surface area contributed by atoms with Crippen molar-refractivity contribution in [3.63, 3.8) is 0 Å². The molecule has 0 aliphatic carbocycles. The molecule has 1 unspecified atom stereocenters. The molecule has 3 aromatic rings. The number of amides is 1. The highest BCUT2D eigenvalue weighted by molar-refractivity contribution is 6.46. The number of ether oxygens (including phenoxy) is 4. The minimum atomic E-state index is -0.841. The van der Waals surface area contributed by atoms with Gasteiger partial charge in [0.05, 0.1) is 44.0 Å². The van der Waals surface area contributed by atoms with Crippen molar-refractivity contribution in [1.82, 2.24) is 4.90 Å². The van der Waals surface area contributed by atoms with Gasteiger partial charge in [-0.2, -0.15) is 0 Å². The minimum absolute atomic E-state index is 0.0330. The maximum atomic E-state index is 13.3. The molecule has 0 radical (unpaired) electrons. The van der Waals surface area contributed by atoms with Gasteiger partial charge >= 0.3 is 0 Å². The topological polar surface area (TPSA) is 94.5 Å². The Balaban J connectivity index is 1.69. The van der Waals surface area contributed by atoms with Gasteiger partial charge in [0.2, 0.25) is 0 Å². The maximum Gasteiger partial charge on any atom is 0.295 e. The van der Waals surface area contributed by atoms with Crippen LogP contribution in [0.25, 0.3) is 5.76 Å². The number of carbonyl (C=O) groups is 2. The number of hydrogen-bond donors (Lipinski definition) is 1.